The first-order valence-electron chi connectivity index (χ1n) is 8.42. The number of carbonyl (C=O) groups excluding carboxylic acids is 1. The van der Waals surface area contributed by atoms with Gasteiger partial charge in [-0.05, 0) is 44.5 Å². The second kappa shape index (κ2) is 8.96. The second-order valence-corrected chi connectivity index (χ2v) is 5.33. The number of hydrogen-bond acceptors (Lipinski definition) is 3. The molecule has 2 aromatic rings. The van der Waals surface area contributed by atoms with E-state index in [1.54, 1.807) is 18.2 Å². The SMILES string of the molecule is CCOc1ccc(C(=O)N(CC)Cc2ccccc2)cc1OCC. The van der Waals surface area contributed by atoms with Gasteiger partial charge in [0.05, 0.1) is 13.2 Å². The van der Waals surface area contributed by atoms with Crippen molar-refractivity contribution in [1.29, 1.82) is 0 Å². The predicted octanol–water partition coefficient (Wildman–Crippen LogP) is 4.15. The molecule has 2 rings (SSSR count). The largest absolute Gasteiger partial charge is 0.490 e. The van der Waals surface area contributed by atoms with Gasteiger partial charge in [0.25, 0.3) is 5.91 Å². The first-order chi connectivity index (χ1) is 11.7. The van der Waals surface area contributed by atoms with Gasteiger partial charge in [0.15, 0.2) is 11.5 Å². The molecule has 0 aliphatic rings. The van der Waals surface area contributed by atoms with Crippen LogP contribution in [0.4, 0.5) is 0 Å². The van der Waals surface area contributed by atoms with E-state index in [1.165, 1.54) is 0 Å². The fourth-order valence-electron chi connectivity index (χ4n) is 2.50. The van der Waals surface area contributed by atoms with Crippen LogP contribution < -0.4 is 9.47 Å². The average Bonchev–Trinajstić information content (AvgIpc) is 2.62. The van der Waals surface area contributed by atoms with Crippen molar-refractivity contribution >= 4 is 5.91 Å². The normalized spacial score (nSPS) is 10.3. The molecule has 4 heteroatoms. The predicted molar refractivity (Wildman–Crippen MR) is 95.6 cm³/mol. The van der Waals surface area contributed by atoms with Crippen molar-refractivity contribution in [2.45, 2.75) is 27.3 Å². The van der Waals surface area contributed by atoms with Gasteiger partial charge in [0.2, 0.25) is 0 Å². The molecule has 0 N–H and O–H groups in total. The lowest BCUT2D eigenvalue weighted by Gasteiger charge is -2.22. The van der Waals surface area contributed by atoms with E-state index in [0.29, 0.717) is 43.4 Å². The van der Waals surface area contributed by atoms with Gasteiger partial charge in [-0.15, -0.1) is 0 Å². The minimum absolute atomic E-state index is 0.00893. The lowest BCUT2D eigenvalue weighted by molar-refractivity contribution is 0.0752. The van der Waals surface area contributed by atoms with Crippen molar-refractivity contribution in [3.63, 3.8) is 0 Å². The average molecular weight is 327 g/mol. The summed E-state index contributed by atoms with van der Waals surface area (Å²) in [6, 6.07) is 15.4. The van der Waals surface area contributed by atoms with Crippen molar-refractivity contribution in [1.82, 2.24) is 4.90 Å². The molecule has 0 heterocycles. The molecule has 0 aromatic heterocycles. The Morgan fingerprint density at radius 2 is 1.58 bits per heavy atom. The monoisotopic (exact) mass is 327 g/mol. The number of rotatable bonds is 8. The van der Waals surface area contributed by atoms with Crippen LogP contribution >= 0.6 is 0 Å². The summed E-state index contributed by atoms with van der Waals surface area (Å²) in [4.78, 5) is 14.7. The smallest absolute Gasteiger partial charge is 0.254 e. The highest BCUT2D eigenvalue weighted by Gasteiger charge is 2.17. The van der Waals surface area contributed by atoms with Gasteiger partial charge >= 0.3 is 0 Å². The van der Waals surface area contributed by atoms with E-state index in [4.69, 9.17) is 9.47 Å². The maximum absolute atomic E-state index is 12.8. The first kappa shape index (κ1) is 17.9. The molecular formula is C20H25NO3. The van der Waals surface area contributed by atoms with E-state index in [0.717, 1.165) is 5.56 Å². The summed E-state index contributed by atoms with van der Waals surface area (Å²) in [5.74, 6) is 1.27. The van der Waals surface area contributed by atoms with Gasteiger partial charge in [-0.2, -0.15) is 0 Å². The standard InChI is InChI=1S/C20H25NO3/c1-4-21(15-16-10-8-7-9-11-16)20(22)17-12-13-18(23-5-2)19(14-17)24-6-3/h7-14H,4-6,15H2,1-3H3. The van der Waals surface area contributed by atoms with E-state index in [1.807, 2.05) is 56.0 Å². The molecule has 0 aliphatic heterocycles. The Morgan fingerprint density at radius 3 is 2.21 bits per heavy atom. The molecule has 0 radical (unpaired) electrons. The van der Waals surface area contributed by atoms with Crippen LogP contribution in [0.15, 0.2) is 48.5 Å². The molecule has 2 aromatic carbocycles. The van der Waals surface area contributed by atoms with E-state index in [-0.39, 0.29) is 5.91 Å². The van der Waals surface area contributed by atoms with Crippen molar-refractivity contribution < 1.29 is 14.3 Å². The highest BCUT2D eigenvalue weighted by atomic mass is 16.5. The Hall–Kier alpha value is -2.49. The molecule has 4 nitrogen and oxygen atoms in total. The molecule has 0 atom stereocenters. The summed E-state index contributed by atoms with van der Waals surface area (Å²) in [7, 11) is 0. The van der Waals surface area contributed by atoms with Gasteiger partial charge in [-0.1, -0.05) is 30.3 Å². The van der Waals surface area contributed by atoms with E-state index >= 15 is 0 Å². The van der Waals surface area contributed by atoms with Gasteiger partial charge in [-0.3, -0.25) is 4.79 Å². The van der Waals surface area contributed by atoms with E-state index in [9.17, 15) is 4.79 Å². The van der Waals surface area contributed by atoms with E-state index in [2.05, 4.69) is 0 Å². The third-order valence-electron chi connectivity index (χ3n) is 3.68. The maximum atomic E-state index is 12.8. The van der Waals surface area contributed by atoms with Gasteiger partial charge in [0, 0.05) is 18.7 Å². The zero-order valence-electron chi connectivity index (χ0n) is 14.6. The molecule has 1 amide bonds. The highest BCUT2D eigenvalue weighted by Crippen LogP contribution is 2.29. The molecule has 0 bridgehead atoms. The minimum atomic E-state index is -0.00893. The zero-order chi connectivity index (χ0) is 17.4. The number of ether oxygens (including phenoxy) is 2. The Morgan fingerprint density at radius 1 is 0.917 bits per heavy atom. The lowest BCUT2D eigenvalue weighted by Crippen LogP contribution is -2.30. The fourth-order valence-corrected chi connectivity index (χ4v) is 2.50. The second-order valence-electron chi connectivity index (χ2n) is 5.33. The van der Waals surface area contributed by atoms with Crippen LogP contribution in [-0.2, 0) is 6.54 Å². The first-order valence-corrected chi connectivity index (χ1v) is 8.42. The number of benzene rings is 2. The molecule has 128 valence electrons. The Labute approximate surface area is 144 Å². The summed E-state index contributed by atoms with van der Waals surface area (Å²) in [6.45, 7) is 8.14. The quantitative estimate of drug-likeness (QED) is 0.731. The highest BCUT2D eigenvalue weighted by molar-refractivity contribution is 5.94. The Balaban J connectivity index is 2.21. The van der Waals surface area contributed by atoms with Crippen LogP contribution in [0.5, 0.6) is 11.5 Å². The van der Waals surface area contributed by atoms with Gasteiger partial charge in [0.1, 0.15) is 0 Å². The van der Waals surface area contributed by atoms with Crippen LogP contribution in [0.3, 0.4) is 0 Å². The zero-order valence-corrected chi connectivity index (χ0v) is 14.6. The van der Waals surface area contributed by atoms with Crippen LogP contribution in [0, 0.1) is 0 Å². The molecule has 0 saturated carbocycles. The van der Waals surface area contributed by atoms with Crippen molar-refractivity contribution in [3.8, 4) is 11.5 Å². The molecule has 0 fully saturated rings. The van der Waals surface area contributed by atoms with Gasteiger partial charge < -0.3 is 14.4 Å². The molecule has 0 spiro atoms. The lowest BCUT2D eigenvalue weighted by atomic mass is 10.1. The minimum Gasteiger partial charge on any atom is -0.490 e. The van der Waals surface area contributed by atoms with Crippen molar-refractivity contribution in [2.24, 2.45) is 0 Å². The van der Waals surface area contributed by atoms with Crippen molar-refractivity contribution in [3.05, 3.63) is 59.7 Å². The van der Waals surface area contributed by atoms with Crippen LogP contribution in [0.25, 0.3) is 0 Å². The Kier molecular flexibility index (Phi) is 6.67. The molecular weight excluding hydrogens is 302 g/mol. The number of carbonyl (C=O) groups is 1. The van der Waals surface area contributed by atoms with E-state index < -0.39 is 0 Å². The van der Waals surface area contributed by atoms with Crippen molar-refractivity contribution in [2.75, 3.05) is 19.8 Å². The third kappa shape index (κ3) is 4.51. The number of hydrogen-bond donors (Lipinski definition) is 0. The van der Waals surface area contributed by atoms with Crippen LogP contribution in [0.2, 0.25) is 0 Å². The topological polar surface area (TPSA) is 38.8 Å². The molecule has 0 unspecified atom stereocenters. The summed E-state index contributed by atoms with van der Waals surface area (Å²) in [5.41, 5.74) is 1.73. The Bertz CT molecular complexity index is 655. The summed E-state index contributed by atoms with van der Waals surface area (Å²) >= 11 is 0. The number of nitrogens with zero attached hydrogens (tertiary/aromatic N) is 1. The third-order valence-corrected chi connectivity index (χ3v) is 3.68. The molecule has 0 saturated heterocycles. The molecule has 24 heavy (non-hydrogen) atoms. The number of amides is 1. The van der Waals surface area contributed by atoms with Crippen LogP contribution in [0.1, 0.15) is 36.7 Å². The fraction of sp³-hybridized carbons (Fsp3) is 0.350. The van der Waals surface area contributed by atoms with Crippen LogP contribution in [-0.4, -0.2) is 30.6 Å². The maximum Gasteiger partial charge on any atom is 0.254 e. The summed E-state index contributed by atoms with van der Waals surface area (Å²) < 4.78 is 11.2. The van der Waals surface area contributed by atoms with Gasteiger partial charge in [-0.25, -0.2) is 0 Å². The molecule has 0 aliphatic carbocycles. The summed E-state index contributed by atoms with van der Waals surface area (Å²) in [6.07, 6.45) is 0. The summed E-state index contributed by atoms with van der Waals surface area (Å²) in [5, 5.41) is 0.